The maximum absolute atomic E-state index is 13.5. The monoisotopic (exact) mass is 399 g/mol. The van der Waals surface area contributed by atoms with Gasteiger partial charge in [0.15, 0.2) is 0 Å². The van der Waals surface area contributed by atoms with Crippen LogP contribution in [-0.4, -0.2) is 53.0 Å². The summed E-state index contributed by atoms with van der Waals surface area (Å²) in [5.74, 6) is 1.62. The number of amides is 1. The summed E-state index contributed by atoms with van der Waals surface area (Å²) in [7, 11) is 0. The number of nitrogens with zero attached hydrogens (tertiary/aromatic N) is 4. The standard InChI is InChI=1S/C22H30FN5O/c1-14(2)21-24-16(4)12-20(26-21)28-10-8-27(9-11-28)17(5)22(29)25-19-13-18(23)7-6-15(19)3/h6-7,12-14,17H,8-11H2,1-5H3,(H,25,29). The Balaban J connectivity index is 1.61. The van der Waals surface area contributed by atoms with Gasteiger partial charge < -0.3 is 10.2 Å². The van der Waals surface area contributed by atoms with Crippen LogP contribution in [0.15, 0.2) is 24.3 Å². The SMILES string of the molecule is Cc1cc(N2CCN(C(C)C(=O)Nc3cc(F)ccc3C)CC2)nc(C(C)C)n1. The third-order valence-electron chi connectivity index (χ3n) is 5.40. The zero-order valence-corrected chi connectivity index (χ0v) is 17.9. The molecule has 29 heavy (non-hydrogen) atoms. The smallest absolute Gasteiger partial charge is 0.241 e. The molecule has 6 nitrogen and oxygen atoms in total. The zero-order valence-electron chi connectivity index (χ0n) is 17.9. The molecule has 0 aliphatic carbocycles. The highest BCUT2D eigenvalue weighted by Crippen LogP contribution is 2.20. The summed E-state index contributed by atoms with van der Waals surface area (Å²) >= 11 is 0. The average molecular weight is 400 g/mol. The van der Waals surface area contributed by atoms with E-state index in [1.807, 2.05) is 26.8 Å². The van der Waals surface area contributed by atoms with Crippen molar-refractivity contribution in [3.63, 3.8) is 0 Å². The van der Waals surface area contributed by atoms with Gasteiger partial charge in [-0.2, -0.15) is 0 Å². The van der Waals surface area contributed by atoms with E-state index >= 15 is 0 Å². The van der Waals surface area contributed by atoms with Crippen molar-refractivity contribution in [1.29, 1.82) is 0 Å². The summed E-state index contributed by atoms with van der Waals surface area (Å²) in [6.07, 6.45) is 0. The molecule has 1 aliphatic heterocycles. The number of nitrogens with one attached hydrogen (secondary N) is 1. The first kappa shape index (κ1) is 21.2. The first-order valence-corrected chi connectivity index (χ1v) is 10.2. The van der Waals surface area contributed by atoms with Gasteiger partial charge in [0.05, 0.1) is 6.04 Å². The van der Waals surface area contributed by atoms with Gasteiger partial charge in [-0.3, -0.25) is 9.69 Å². The highest BCUT2D eigenvalue weighted by molar-refractivity contribution is 5.95. The predicted molar refractivity (Wildman–Crippen MR) is 114 cm³/mol. The highest BCUT2D eigenvalue weighted by Gasteiger charge is 2.27. The van der Waals surface area contributed by atoms with Crippen LogP contribution in [0.4, 0.5) is 15.9 Å². The van der Waals surface area contributed by atoms with Crippen molar-refractivity contribution in [2.45, 2.75) is 46.6 Å². The molecule has 1 unspecified atom stereocenters. The van der Waals surface area contributed by atoms with Gasteiger partial charge >= 0.3 is 0 Å². The molecule has 0 bridgehead atoms. The molecule has 1 aromatic heterocycles. The number of piperazine rings is 1. The van der Waals surface area contributed by atoms with E-state index in [0.29, 0.717) is 5.69 Å². The van der Waals surface area contributed by atoms with Crippen LogP contribution in [0.3, 0.4) is 0 Å². The fourth-order valence-corrected chi connectivity index (χ4v) is 3.46. The Kier molecular flexibility index (Phi) is 6.47. The van der Waals surface area contributed by atoms with Gasteiger partial charge in [0.1, 0.15) is 17.5 Å². The maximum Gasteiger partial charge on any atom is 0.241 e. The Morgan fingerprint density at radius 2 is 1.76 bits per heavy atom. The second kappa shape index (κ2) is 8.86. The lowest BCUT2D eigenvalue weighted by Crippen LogP contribution is -2.53. The maximum atomic E-state index is 13.5. The van der Waals surface area contributed by atoms with Gasteiger partial charge in [-0.15, -0.1) is 0 Å². The molecule has 1 fully saturated rings. The normalized spacial score (nSPS) is 16.2. The molecule has 3 rings (SSSR count). The lowest BCUT2D eigenvalue weighted by molar-refractivity contribution is -0.120. The zero-order chi connectivity index (χ0) is 21.1. The molecule has 156 valence electrons. The van der Waals surface area contributed by atoms with E-state index in [1.54, 1.807) is 6.07 Å². The fraction of sp³-hybridized carbons (Fsp3) is 0.500. The number of aryl methyl sites for hydroxylation is 2. The van der Waals surface area contributed by atoms with E-state index in [9.17, 15) is 9.18 Å². The number of hydrogen-bond donors (Lipinski definition) is 1. The van der Waals surface area contributed by atoms with Crippen molar-refractivity contribution < 1.29 is 9.18 Å². The van der Waals surface area contributed by atoms with Crippen molar-refractivity contribution in [3.05, 3.63) is 47.2 Å². The van der Waals surface area contributed by atoms with E-state index in [1.165, 1.54) is 12.1 Å². The number of aromatic nitrogens is 2. The molecule has 1 aromatic carbocycles. The molecule has 2 heterocycles. The van der Waals surface area contributed by atoms with Crippen LogP contribution in [0.2, 0.25) is 0 Å². The Morgan fingerprint density at radius 3 is 2.41 bits per heavy atom. The number of benzene rings is 1. The summed E-state index contributed by atoms with van der Waals surface area (Å²) < 4.78 is 13.5. The summed E-state index contributed by atoms with van der Waals surface area (Å²) in [6, 6.07) is 6.15. The molecule has 1 saturated heterocycles. The Bertz CT molecular complexity index is 878. The third-order valence-corrected chi connectivity index (χ3v) is 5.40. The molecule has 0 spiro atoms. The van der Waals surface area contributed by atoms with Crippen molar-refractivity contribution in [1.82, 2.24) is 14.9 Å². The van der Waals surface area contributed by atoms with Crippen LogP contribution in [-0.2, 0) is 4.79 Å². The molecule has 7 heteroatoms. The average Bonchev–Trinajstić information content (AvgIpc) is 2.69. The third kappa shape index (κ3) is 5.09. The first-order valence-electron chi connectivity index (χ1n) is 10.2. The number of anilines is 2. The predicted octanol–water partition coefficient (Wildman–Crippen LogP) is 3.51. The highest BCUT2D eigenvalue weighted by atomic mass is 19.1. The fourth-order valence-electron chi connectivity index (χ4n) is 3.46. The van der Waals surface area contributed by atoms with Gasteiger partial charge in [-0.25, -0.2) is 14.4 Å². The lowest BCUT2D eigenvalue weighted by Gasteiger charge is -2.38. The number of carbonyl (C=O) groups excluding carboxylic acids is 1. The largest absolute Gasteiger partial charge is 0.354 e. The van der Waals surface area contributed by atoms with Crippen LogP contribution in [0.25, 0.3) is 0 Å². The summed E-state index contributed by atoms with van der Waals surface area (Å²) in [5, 5.41) is 2.86. The van der Waals surface area contributed by atoms with E-state index in [-0.39, 0.29) is 23.7 Å². The van der Waals surface area contributed by atoms with E-state index in [0.717, 1.165) is 49.1 Å². The molecule has 1 atom stereocenters. The van der Waals surface area contributed by atoms with Crippen LogP contribution in [0.1, 0.15) is 43.8 Å². The van der Waals surface area contributed by atoms with Crippen LogP contribution < -0.4 is 10.2 Å². The van der Waals surface area contributed by atoms with E-state index in [2.05, 4.69) is 33.9 Å². The van der Waals surface area contributed by atoms with Crippen molar-refractivity contribution in [2.75, 3.05) is 36.4 Å². The molecule has 1 amide bonds. The number of hydrogen-bond acceptors (Lipinski definition) is 5. The molecule has 1 N–H and O–H groups in total. The van der Waals surface area contributed by atoms with Crippen LogP contribution in [0.5, 0.6) is 0 Å². The topological polar surface area (TPSA) is 61.4 Å². The van der Waals surface area contributed by atoms with Crippen LogP contribution in [0, 0.1) is 19.7 Å². The van der Waals surface area contributed by atoms with Crippen molar-refractivity contribution in [3.8, 4) is 0 Å². The molecule has 0 saturated carbocycles. The Morgan fingerprint density at radius 1 is 1.07 bits per heavy atom. The Labute approximate surface area is 172 Å². The molecular formula is C22H30FN5O. The molecular weight excluding hydrogens is 369 g/mol. The summed E-state index contributed by atoms with van der Waals surface area (Å²) in [4.78, 5) is 26.3. The van der Waals surface area contributed by atoms with Gasteiger partial charge in [0, 0.05) is 49.5 Å². The van der Waals surface area contributed by atoms with Crippen LogP contribution >= 0.6 is 0 Å². The quantitative estimate of drug-likeness (QED) is 0.834. The molecule has 0 radical (unpaired) electrons. The van der Waals surface area contributed by atoms with Gasteiger partial charge in [0.25, 0.3) is 0 Å². The van der Waals surface area contributed by atoms with Gasteiger partial charge in [-0.1, -0.05) is 19.9 Å². The Hall–Kier alpha value is -2.54. The summed E-state index contributed by atoms with van der Waals surface area (Å²) in [5.41, 5.74) is 2.34. The van der Waals surface area contributed by atoms with E-state index in [4.69, 9.17) is 4.98 Å². The lowest BCUT2D eigenvalue weighted by atomic mass is 10.1. The number of rotatable bonds is 5. The summed E-state index contributed by atoms with van der Waals surface area (Å²) in [6.45, 7) is 13.0. The second-order valence-corrected chi connectivity index (χ2v) is 8.03. The minimum absolute atomic E-state index is 0.118. The van der Waals surface area contributed by atoms with Crippen molar-refractivity contribution >= 4 is 17.4 Å². The minimum atomic E-state index is -0.354. The number of carbonyl (C=O) groups is 1. The van der Waals surface area contributed by atoms with Gasteiger partial charge in [-0.05, 0) is 38.5 Å². The van der Waals surface area contributed by atoms with Crippen molar-refractivity contribution in [2.24, 2.45) is 0 Å². The second-order valence-electron chi connectivity index (χ2n) is 8.03. The number of halogens is 1. The molecule has 1 aliphatic rings. The first-order chi connectivity index (χ1) is 13.7. The van der Waals surface area contributed by atoms with Gasteiger partial charge in [0.2, 0.25) is 5.91 Å². The molecule has 2 aromatic rings. The minimum Gasteiger partial charge on any atom is -0.354 e. The van der Waals surface area contributed by atoms with E-state index < -0.39 is 0 Å².